The van der Waals surface area contributed by atoms with Gasteiger partial charge in [-0.3, -0.25) is 4.79 Å². The predicted octanol–water partition coefficient (Wildman–Crippen LogP) is 6.22. The number of amides is 1. The van der Waals surface area contributed by atoms with Gasteiger partial charge in [0.25, 0.3) is 5.91 Å². The Morgan fingerprint density at radius 3 is 2.36 bits per heavy atom. The number of nitrogens with zero attached hydrogens (tertiary/aromatic N) is 1. The van der Waals surface area contributed by atoms with Crippen molar-refractivity contribution in [2.75, 3.05) is 30.1 Å². The van der Waals surface area contributed by atoms with E-state index in [0.29, 0.717) is 39.4 Å². The summed E-state index contributed by atoms with van der Waals surface area (Å²) in [5.41, 5.74) is 2.51. The summed E-state index contributed by atoms with van der Waals surface area (Å²) in [5, 5.41) is 3.24. The molecule has 0 fully saturated rings. The van der Waals surface area contributed by atoms with Crippen LogP contribution in [-0.4, -0.2) is 46.0 Å². The molecular weight excluding hydrogens is 580 g/mol. The number of carbonyl (C=O) groups excluding carboxylic acids is 1. The number of likely N-dealkylation sites (N-methyl/N-ethyl adjacent to an activating group) is 1. The number of methoxy groups -OCH3 is 1. The molecule has 0 aliphatic carbocycles. The molecule has 8 nitrogen and oxygen atoms in total. The van der Waals surface area contributed by atoms with E-state index >= 15 is 0 Å². The third-order valence-corrected chi connectivity index (χ3v) is 7.90. The molecule has 1 N–H and O–H groups in total. The second-order valence-electron chi connectivity index (χ2n) is 10.4. The third-order valence-electron chi connectivity index (χ3n) is 6.75. The van der Waals surface area contributed by atoms with E-state index in [1.165, 1.54) is 42.3 Å². The summed E-state index contributed by atoms with van der Waals surface area (Å²) >= 11 is 0. The standard InChI is InChI=1S/C29H30F4N2O6S/c1-17-6-7-18(30)14-24(17)40-16-22-20(10-11-23-26(22)35(4)27(36)28(2,3)34-23)21-9-8-19(15-25(21)39-5)41-42(37,38)13-12-29(31,32)33/h6-11,14-15,34H,12-13,16H2,1-5H3. The average molecular weight is 611 g/mol. The predicted molar refractivity (Wildman–Crippen MR) is 150 cm³/mol. The lowest BCUT2D eigenvalue weighted by Crippen LogP contribution is -2.52. The minimum absolute atomic E-state index is 0.0875. The van der Waals surface area contributed by atoms with Crippen LogP contribution in [0.2, 0.25) is 0 Å². The molecule has 13 heteroatoms. The zero-order valence-corrected chi connectivity index (χ0v) is 24.4. The minimum atomic E-state index is -4.66. The van der Waals surface area contributed by atoms with Crippen molar-refractivity contribution in [1.82, 2.24) is 0 Å². The molecule has 0 aromatic heterocycles. The SMILES string of the molecule is COc1cc(OS(=O)(=O)CCC(F)(F)F)ccc1-c1ccc2c(c1COc1cc(F)ccc1C)N(C)C(=O)C(C)(C)N2. The van der Waals surface area contributed by atoms with Crippen LogP contribution in [0.5, 0.6) is 17.2 Å². The Bertz CT molecular complexity index is 1620. The molecule has 3 aromatic carbocycles. The van der Waals surface area contributed by atoms with Crippen molar-refractivity contribution in [3.05, 3.63) is 65.5 Å². The Morgan fingerprint density at radius 2 is 1.69 bits per heavy atom. The highest BCUT2D eigenvalue weighted by atomic mass is 32.2. The van der Waals surface area contributed by atoms with Gasteiger partial charge in [0.2, 0.25) is 0 Å². The fraction of sp³-hybridized carbons (Fsp3) is 0.345. The lowest BCUT2D eigenvalue weighted by Gasteiger charge is -2.39. The first kappa shape index (κ1) is 30.9. The van der Waals surface area contributed by atoms with Gasteiger partial charge in [-0.2, -0.15) is 21.6 Å². The molecule has 0 unspecified atom stereocenters. The van der Waals surface area contributed by atoms with Gasteiger partial charge < -0.3 is 23.9 Å². The second kappa shape index (κ2) is 11.3. The van der Waals surface area contributed by atoms with Gasteiger partial charge >= 0.3 is 16.3 Å². The van der Waals surface area contributed by atoms with Crippen LogP contribution >= 0.6 is 0 Å². The molecule has 3 aromatic rings. The van der Waals surface area contributed by atoms with Crippen molar-refractivity contribution in [2.24, 2.45) is 0 Å². The van der Waals surface area contributed by atoms with E-state index in [0.717, 1.165) is 0 Å². The number of fused-ring (bicyclic) bond motifs is 1. The summed E-state index contributed by atoms with van der Waals surface area (Å²) in [4.78, 5) is 14.7. The molecule has 0 saturated heterocycles. The van der Waals surface area contributed by atoms with Crippen LogP contribution in [0.3, 0.4) is 0 Å². The smallest absolute Gasteiger partial charge is 0.390 e. The van der Waals surface area contributed by atoms with Gasteiger partial charge in [0.1, 0.15) is 35.2 Å². The molecule has 0 bridgehead atoms. The normalized spacial score (nSPS) is 14.7. The summed E-state index contributed by atoms with van der Waals surface area (Å²) < 4.78 is 92.4. The molecule has 1 aliphatic heterocycles. The van der Waals surface area contributed by atoms with Gasteiger partial charge in [-0.25, -0.2) is 4.39 Å². The Kier molecular flexibility index (Phi) is 8.36. The van der Waals surface area contributed by atoms with Crippen LogP contribution in [0.25, 0.3) is 11.1 Å². The fourth-order valence-corrected chi connectivity index (χ4v) is 5.65. The van der Waals surface area contributed by atoms with Crippen molar-refractivity contribution >= 4 is 27.4 Å². The van der Waals surface area contributed by atoms with Gasteiger partial charge in [-0.05, 0) is 56.2 Å². The summed E-state index contributed by atoms with van der Waals surface area (Å²) in [6, 6.07) is 11.7. The summed E-state index contributed by atoms with van der Waals surface area (Å²) in [6.45, 7) is 5.18. The van der Waals surface area contributed by atoms with Crippen LogP contribution < -0.4 is 23.9 Å². The fourth-order valence-electron chi connectivity index (χ4n) is 4.68. The molecule has 0 spiro atoms. The van der Waals surface area contributed by atoms with Crippen LogP contribution in [0.1, 0.15) is 31.4 Å². The molecule has 4 rings (SSSR count). The molecule has 0 radical (unpaired) electrons. The largest absolute Gasteiger partial charge is 0.496 e. The highest BCUT2D eigenvalue weighted by Crippen LogP contribution is 2.45. The van der Waals surface area contributed by atoms with Crippen molar-refractivity contribution in [3.63, 3.8) is 0 Å². The van der Waals surface area contributed by atoms with E-state index < -0.39 is 39.8 Å². The first-order valence-corrected chi connectivity index (χ1v) is 14.4. The van der Waals surface area contributed by atoms with Gasteiger partial charge in [-0.15, -0.1) is 0 Å². The van der Waals surface area contributed by atoms with Crippen LogP contribution in [0, 0.1) is 12.7 Å². The number of carbonyl (C=O) groups is 1. The van der Waals surface area contributed by atoms with E-state index in [1.807, 2.05) is 0 Å². The van der Waals surface area contributed by atoms with Crippen LogP contribution in [-0.2, 0) is 21.5 Å². The first-order chi connectivity index (χ1) is 19.5. The van der Waals surface area contributed by atoms with Crippen LogP contribution in [0.15, 0.2) is 48.5 Å². The van der Waals surface area contributed by atoms with Crippen molar-refractivity contribution < 1.29 is 44.4 Å². The monoisotopic (exact) mass is 610 g/mol. The van der Waals surface area contributed by atoms with E-state index in [1.54, 1.807) is 46.0 Å². The topological polar surface area (TPSA) is 94.2 Å². The highest BCUT2D eigenvalue weighted by molar-refractivity contribution is 7.87. The van der Waals surface area contributed by atoms with Crippen LogP contribution in [0.4, 0.5) is 28.9 Å². The van der Waals surface area contributed by atoms with E-state index in [2.05, 4.69) is 5.32 Å². The maximum atomic E-state index is 14.0. The van der Waals surface area contributed by atoms with E-state index in [-0.39, 0.29) is 24.0 Å². The number of alkyl halides is 3. The quantitative estimate of drug-likeness (QED) is 0.227. The second-order valence-corrected chi connectivity index (χ2v) is 12.1. The number of rotatable bonds is 9. The molecular formula is C29H30F4N2O6S. The Hall–Kier alpha value is -4.00. The molecule has 0 saturated carbocycles. The molecule has 42 heavy (non-hydrogen) atoms. The number of hydrogen-bond acceptors (Lipinski definition) is 7. The zero-order chi connectivity index (χ0) is 31.0. The van der Waals surface area contributed by atoms with Gasteiger partial charge in [0.05, 0.1) is 30.7 Å². The Labute approximate surface area is 241 Å². The van der Waals surface area contributed by atoms with Crippen molar-refractivity contribution in [2.45, 2.75) is 45.5 Å². The number of anilines is 2. The first-order valence-electron chi connectivity index (χ1n) is 12.8. The number of nitrogens with one attached hydrogen (secondary N) is 1. The Balaban J connectivity index is 1.79. The molecule has 226 valence electrons. The van der Waals surface area contributed by atoms with E-state index in [9.17, 15) is 30.8 Å². The lowest BCUT2D eigenvalue weighted by molar-refractivity contribution is -0.130. The number of aryl methyl sites for hydroxylation is 1. The number of ether oxygens (including phenoxy) is 2. The summed E-state index contributed by atoms with van der Waals surface area (Å²) in [5.74, 6) is -1.72. The van der Waals surface area contributed by atoms with E-state index in [4.69, 9.17) is 13.7 Å². The van der Waals surface area contributed by atoms with Gasteiger partial charge in [0.15, 0.2) is 0 Å². The molecule has 0 atom stereocenters. The number of hydrogen-bond donors (Lipinski definition) is 1. The molecule has 1 aliphatic rings. The zero-order valence-electron chi connectivity index (χ0n) is 23.6. The van der Waals surface area contributed by atoms with Gasteiger partial charge in [0, 0.05) is 30.3 Å². The highest BCUT2D eigenvalue weighted by Gasteiger charge is 2.39. The maximum Gasteiger partial charge on any atom is 0.390 e. The third kappa shape index (κ3) is 6.72. The summed E-state index contributed by atoms with van der Waals surface area (Å²) in [6.07, 6.45) is -6.21. The van der Waals surface area contributed by atoms with Crippen molar-refractivity contribution in [3.8, 4) is 28.4 Å². The van der Waals surface area contributed by atoms with Crippen molar-refractivity contribution in [1.29, 1.82) is 0 Å². The average Bonchev–Trinajstić information content (AvgIpc) is 2.90. The van der Waals surface area contributed by atoms with Gasteiger partial charge in [-0.1, -0.05) is 12.1 Å². The molecule has 1 heterocycles. The lowest BCUT2D eigenvalue weighted by atomic mass is 9.91. The Morgan fingerprint density at radius 1 is 1.00 bits per heavy atom. The molecule has 1 amide bonds. The summed E-state index contributed by atoms with van der Waals surface area (Å²) in [7, 11) is -1.57. The number of halogens is 4. The number of benzene rings is 3. The maximum absolute atomic E-state index is 14.0. The minimum Gasteiger partial charge on any atom is -0.496 e.